The molecule has 0 aliphatic carbocycles. The van der Waals surface area contributed by atoms with E-state index in [1.165, 1.54) is 25.1 Å². The van der Waals surface area contributed by atoms with Crippen molar-refractivity contribution in [2.24, 2.45) is 0 Å². The Kier molecular flexibility index (Phi) is 4.23. The van der Waals surface area contributed by atoms with Crippen molar-refractivity contribution < 1.29 is 9.53 Å². The average molecular weight is 256 g/mol. The standard InChI is InChI=1S/C15H16N2O2/c1-11-4-3-5-12(10-11)6-7-13(18)14-15(19-2)17-9-8-16-14/h3-5,8-10H,6-7H2,1-2H3. The Morgan fingerprint density at radius 3 is 2.79 bits per heavy atom. The van der Waals surface area contributed by atoms with Gasteiger partial charge in [0.2, 0.25) is 5.88 Å². The molecule has 4 heteroatoms. The molecule has 0 spiro atoms. The van der Waals surface area contributed by atoms with Gasteiger partial charge in [-0.2, -0.15) is 0 Å². The molecule has 0 N–H and O–H groups in total. The second-order valence-corrected chi connectivity index (χ2v) is 4.33. The summed E-state index contributed by atoms with van der Waals surface area (Å²) in [6.45, 7) is 2.04. The highest BCUT2D eigenvalue weighted by atomic mass is 16.5. The highest BCUT2D eigenvalue weighted by Gasteiger charge is 2.14. The summed E-state index contributed by atoms with van der Waals surface area (Å²) >= 11 is 0. The second-order valence-electron chi connectivity index (χ2n) is 4.33. The van der Waals surface area contributed by atoms with Crippen LogP contribution in [-0.2, 0) is 6.42 Å². The van der Waals surface area contributed by atoms with Crippen LogP contribution in [-0.4, -0.2) is 22.9 Å². The molecule has 1 aromatic carbocycles. The van der Waals surface area contributed by atoms with Gasteiger partial charge >= 0.3 is 0 Å². The number of nitrogens with zero attached hydrogens (tertiary/aromatic N) is 2. The number of methoxy groups -OCH3 is 1. The molecule has 0 amide bonds. The number of aryl methyl sites for hydroxylation is 2. The quantitative estimate of drug-likeness (QED) is 0.772. The minimum Gasteiger partial charge on any atom is -0.479 e. The van der Waals surface area contributed by atoms with Gasteiger partial charge in [0.05, 0.1) is 7.11 Å². The molecule has 98 valence electrons. The van der Waals surface area contributed by atoms with Gasteiger partial charge < -0.3 is 4.74 Å². The van der Waals surface area contributed by atoms with E-state index in [0.29, 0.717) is 18.5 Å². The zero-order chi connectivity index (χ0) is 13.7. The number of carbonyl (C=O) groups is 1. The number of rotatable bonds is 5. The van der Waals surface area contributed by atoms with E-state index in [-0.39, 0.29) is 11.7 Å². The second kappa shape index (κ2) is 6.09. The van der Waals surface area contributed by atoms with Crippen LogP contribution in [0.2, 0.25) is 0 Å². The van der Waals surface area contributed by atoms with Crippen LogP contribution in [0.4, 0.5) is 0 Å². The summed E-state index contributed by atoms with van der Waals surface area (Å²) in [7, 11) is 1.49. The van der Waals surface area contributed by atoms with Gasteiger partial charge in [-0.3, -0.25) is 4.79 Å². The number of carbonyl (C=O) groups excluding carboxylic acids is 1. The van der Waals surface area contributed by atoms with Crippen molar-refractivity contribution in [2.75, 3.05) is 7.11 Å². The molecule has 2 rings (SSSR count). The molecule has 0 saturated carbocycles. The zero-order valence-corrected chi connectivity index (χ0v) is 11.1. The normalized spacial score (nSPS) is 10.2. The van der Waals surface area contributed by atoms with Crippen LogP contribution in [0.15, 0.2) is 36.7 Å². The van der Waals surface area contributed by atoms with E-state index in [2.05, 4.69) is 16.0 Å². The number of hydrogen-bond donors (Lipinski definition) is 0. The number of aromatic nitrogens is 2. The number of hydrogen-bond acceptors (Lipinski definition) is 4. The van der Waals surface area contributed by atoms with Crippen LogP contribution < -0.4 is 4.74 Å². The van der Waals surface area contributed by atoms with Crippen molar-refractivity contribution in [2.45, 2.75) is 19.8 Å². The molecule has 0 saturated heterocycles. The van der Waals surface area contributed by atoms with Gasteiger partial charge in [-0.1, -0.05) is 29.8 Å². The van der Waals surface area contributed by atoms with Gasteiger partial charge in [-0.25, -0.2) is 9.97 Å². The van der Waals surface area contributed by atoms with Gasteiger partial charge in [0.25, 0.3) is 0 Å². The molecule has 1 heterocycles. The Bertz CT molecular complexity index is 582. The van der Waals surface area contributed by atoms with Crippen LogP contribution in [0, 0.1) is 6.92 Å². The van der Waals surface area contributed by atoms with E-state index >= 15 is 0 Å². The van der Waals surface area contributed by atoms with E-state index in [4.69, 9.17) is 4.74 Å². The molecule has 4 nitrogen and oxygen atoms in total. The number of ketones is 1. The molecular formula is C15H16N2O2. The summed E-state index contributed by atoms with van der Waals surface area (Å²) < 4.78 is 5.04. The number of Topliss-reactive ketones (excluding diaryl/α,β-unsaturated/α-hetero) is 1. The van der Waals surface area contributed by atoms with E-state index in [9.17, 15) is 4.79 Å². The molecular weight excluding hydrogens is 240 g/mol. The van der Waals surface area contributed by atoms with Crippen molar-refractivity contribution >= 4 is 5.78 Å². The lowest BCUT2D eigenvalue weighted by Gasteiger charge is -2.05. The molecule has 1 aromatic heterocycles. The Balaban J connectivity index is 2.05. The topological polar surface area (TPSA) is 52.1 Å². The molecule has 0 unspecified atom stereocenters. The predicted octanol–water partition coefficient (Wildman–Crippen LogP) is 2.61. The van der Waals surface area contributed by atoms with E-state index in [1.807, 2.05) is 25.1 Å². The van der Waals surface area contributed by atoms with Crippen LogP contribution in [0.1, 0.15) is 28.0 Å². The summed E-state index contributed by atoms with van der Waals surface area (Å²) in [5.41, 5.74) is 2.65. The van der Waals surface area contributed by atoms with E-state index < -0.39 is 0 Å². The Morgan fingerprint density at radius 1 is 1.26 bits per heavy atom. The molecule has 0 bridgehead atoms. The van der Waals surface area contributed by atoms with Gasteiger partial charge in [0.1, 0.15) is 0 Å². The summed E-state index contributed by atoms with van der Waals surface area (Å²) in [6, 6.07) is 8.14. The monoisotopic (exact) mass is 256 g/mol. The Labute approximate surface area is 112 Å². The fraction of sp³-hybridized carbons (Fsp3) is 0.267. The highest BCUT2D eigenvalue weighted by molar-refractivity contribution is 5.96. The lowest BCUT2D eigenvalue weighted by atomic mass is 10.0. The van der Waals surface area contributed by atoms with Crippen LogP contribution >= 0.6 is 0 Å². The zero-order valence-electron chi connectivity index (χ0n) is 11.1. The number of ether oxygens (including phenoxy) is 1. The molecule has 0 fully saturated rings. The maximum absolute atomic E-state index is 12.1. The minimum absolute atomic E-state index is 0.0496. The minimum atomic E-state index is -0.0496. The van der Waals surface area contributed by atoms with E-state index in [1.54, 1.807) is 0 Å². The first kappa shape index (κ1) is 13.2. The molecule has 0 aliphatic heterocycles. The first-order valence-electron chi connectivity index (χ1n) is 6.14. The van der Waals surface area contributed by atoms with Crippen molar-refractivity contribution in [1.29, 1.82) is 0 Å². The highest BCUT2D eigenvalue weighted by Crippen LogP contribution is 2.15. The smallest absolute Gasteiger partial charge is 0.243 e. The lowest BCUT2D eigenvalue weighted by Crippen LogP contribution is -2.07. The van der Waals surface area contributed by atoms with Crippen LogP contribution in [0.25, 0.3) is 0 Å². The van der Waals surface area contributed by atoms with Crippen molar-refractivity contribution in [1.82, 2.24) is 9.97 Å². The lowest BCUT2D eigenvalue weighted by molar-refractivity contribution is 0.0974. The predicted molar refractivity (Wildman–Crippen MR) is 72.4 cm³/mol. The average Bonchev–Trinajstić information content (AvgIpc) is 2.45. The van der Waals surface area contributed by atoms with Crippen LogP contribution in [0.3, 0.4) is 0 Å². The summed E-state index contributed by atoms with van der Waals surface area (Å²) in [5, 5.41) is 0. The fourth-order valence-electron chi connectivity index (χ4n) is 1.91. The number of benzene rings is 1. The Morgan fingerprint density at radius 2 is 2.05 bits per heavy atom. The first-order valence-corrected chi connectivity index (χ1v) is 6.14. The third-order valence-corrected chi connectivity index (χ3v) is 2.85. The summed E-state index contributed by atoms with van der Waals surface area (Å²) in [4.78, 5) is 20.1. The fourth-order valence-corrected chi connectivity index (χ4v) is 1.91. The summed E-state index contributed by atoms with van der Waals surface area (Å²) in [5.74, 6) is 0.239. The SMILES string of the molecule is COc1nccnc1C(=O)CCc1cccc(C)c1. The molecule has 0 aliphatic rings. The third kappa shape index (κ3) is 3.37. The van der Waals surface area contributed by atoms with Gasteiger partial charge in [-0.05, 0) is 18.9 Å². The summed E-state index contributed by atoms with van der Waals surface area (Å²) in [6.07, 6.45) is 4.11. The molecule has 19 heavy (non-hydrogen) atoms. The largest absolute Gasteiger partial charge is 0.479 e. The van der Waals surface area contributed by atoms with Crippen molar-refractivity contribution in [3.05, 3.63) is 53.5 Å². The van der Waals surface area contributed by atoms with Gasteiger partial charge in [0, 0.05) is 18.8 Å². The third-order valence-electron chi connectivity index (χ3n) is 2.85. The van der Waals surface area contributed by atoms with Crippen LogP contribution in [0.5, 0.6) is 5.88 Å². The molecule has 0 atom stereocenters. The Hall–Kier alpha value is -2.23. The van der Waals surface area contributed by atoms with Crippen molar-refractivity contribution in [3.63, 3.8) is 0 Å². The van der Waals surface area contributed by atoms with Gasteiger partial charge in [-0.15, -0.1) is 0 Å². The maximum atomic E-state index is 12.1. The first-order chi connectivity index (χ1) is 9.20. The maximum Gasteiger partial charge on any atom is 0.243 e. The van der Waals surface area contributed by atoms with Gasteiger partial charge in [0.15, 0.2) is 11.5 Å². The molecule has 0 radical (unpaired) electrons. The molecule has 2 aromatic rings. The van der Waals surface area contributed by atoms with Crippen molar-refractivity contribution in [3.8, 4) is 5.88 Å². The van der Waals surface area contributed by atoms with E-state index in [0.717, 1.165) is 5.56 Å².